The number of nitrogens with one attached hydrogen (secondary N) is 1. The van der Waals surface area contributed by atoms with Gasteiger partial charge in [-0.1, -0.05) is 6.92 Å². The van der Waals surface area contributed by atoms with Crippen LogP contribution >= 0.6 is 0 Å². The molecule has 9 heteroatoms. The molecule has 1 N–H and O–H groups in total. The summed E-state index contributed by atoms with van der Waals surface area (Å²) in [5.41, 5.74) is -0.436. The van der Waals surface area contributed by atoms with Gasteiger partial charge < -0.3 is 9.73 Å². The zero-order chi connectivity index (χ0) is 18.1. The fourth-order valence-corrected chi connectivity index (χ4v) is 2.39. The number of benzene rings is 1. The van der Waals surface area contributed by atoms with E-state index in [-0.39, 0.29) is 17.4 Å². The fourth-order valence-electron chi connectivity index (χ4n) is 2.39. The lowest BCUT2D eigenvalue weighted by molar-refractivity contribution is -0.0774. The van der Waals surface area contributed by atoms with Crippen LogP contribution in [0.1, 0.15) is 33.5 Å². The monoisotopic (exact) mass is 351 g/mol. The summed E-state index contributed by atoms with van der Waals surface area (Å²) in [5, 5.41) is 3.27. The average molecular weight is 351 g/mol. The van der Waals surface area contributed by atoms with Crippen LogP contribution in [0.4, 0.5) is 14.5 Å². The highest BCUT2D eigenvalue weighted by Gasteiger charge is 2.29. The van der Waals surface area contributed by atoms with Crippen LogP contribution in [-0.4, -0.2) is 35.0 Å². The summed E-state index contributed by atoms with van der Waals surface area (Å²) in [6.45, 7) is 4.05. The molecule has 1 aromatic carbocycles. The van der Waals surface area contributed by atoms with Crippen LogP contribution in [0.25, 0.3) is 0 Å². The van der Waals surface area contributed by atoms with Crippen molar-refractivity contribution >= 4 is 17.5 Å². The van der Waals surface area contributed by atoms with Crippen LogP contribution in [-0.2, 0) is 4.84 Å². The first-order valence-corrected chi connectivity index (χ1v) is 7.52. The molecule has 0 aliphatic carbocycles. The Bertz CT molecular complexity index is 837. The maximum atomic E-state index is 14.0. The molecule has 1 aliphatic rings. The lowest BCUT2D eigenvalue weighted by atomic mass is 10.1. The van der Waals surface area contributed by atoms with Crippen molar-refractivity contribution < 1.29 is 27.6 Å². The highest BCUT2D eigenvalue weighted by Crippen LogP contribution is 2.24. The molecule has 1 saturated heterocycles. The zero-order valence-electron chi connectivity index (χ0n) is 13.5. The molecule has 2 heterocycles. The number of carbonyl (C=O) groups excluding carboxylic acids is 2. The molecule has 2 aromatic rings. The van der Waals surface area contributed by atoms with E-state index >= 15 is 0 Å². The summed E-state index contributed by atoms with van der Waals surface area (Å²) >= 11 is 0. The molecule has 1 fully saturated rings. The molecule has 3 rings (SSSR count). The molecule has 0 radical (unpaired) electrons. The maximum Gasteiger partial charge on any atom is 0.293 e. The molecular weight excluding hydrogens is 336 g/mol. The van der Waals surface area contributed by atoms with Crippen LogP contribution in [0.5, 0.6) is 0 Å². The van der Waals surface area contributed by atoms with Gasteiger partial charge in [-0.25, -0.2) is 18.8 Å². The van der Waals surface area contributed by atoms with Gasteiger partial charge in [0.1, 0.15) is 11.6 Å². The van der Waals surface area contributed by atoms with Gasteiger partial charge in [-0.15, -0.1) is 0 Å². The Balaban J connectivity index is 1.87. The number of nitrogens with zero attached hydrogens (tertiary/aromatic N) is 2. The second-order valence-electron chi connectivity index (χ2n) is 5.80. The van der Waals surface area contributed by atoms with Gasteiger partial charge in [-0.05, 0) is 13.0 Å². The Morgan fingerprint density at radius 2 is 2.08 bits per heavy atom. The zero-order valence-corrected chi connectivity index (χ0v) is 13.5. The van der Waals surface area contributed by atoms with Crippen LogP contribution in [0.3, 0.4) is 0 Å². The van der Waals surface area contributed by atoms with Gasteiger partial charge in [0.25, 0.3) is 11.8 Å². The number of amides is 2. The number of anilines is 1. The number of aryl methyl sites for hydroxylation is 1. The Morgan fingerprint density at radius 1 is 1.32 bits per heavy atom. The van der Waals surface area contributed by atoms with Gasteiger partial charge in [0.2, 0.25) is 5.76 Å². The van der Waals surface area contributed by atoms with E-state index in [9.17, 15) is 18.4 Å². The first-order chi connectivity index (χ1) is 11.9. The molecule has 25 heavy (non-hydrogen) atoms. The van der Waals surface area contributed by atoms with Crippen molar-refractivity contribution in [2.45, 2.75) is 13.8 Å². The third-order valence-corrected chi connectivity index (χ3v) is 3.71. The maximum absolute atomic E-state index is 14.0. The molecule has 0 spiro atoms. The van der Waals surface area contributed by atoms with Crippen molar-refractivity contribution in [1.29, 1.82) is 0 Å². The Labute approximate surface area is 141 Å². The Kier molecular flexibility index (Phi) is 4.49. The molecule has 1 atom stereocenters. The molecule has 2 amide bonds. The number of carbonyl (C=O) groups is 2. The first-order valence-electron chi connectivity index (χ1n) is 7.52. The second-order valence-corrected chi connectivity index (χ2v) is 5.80. The molecule has 7 nitrogen and oxygen atoms in total. The van der Waals surface area contributed by atoms with Crippen LogP contribution in [0.2, 0.25) is 0 Å². The Hall–Kier alpha value is -2.81. The van der Waals surface area contributed by atoms with E-state index in [1.165, 1.54) is 0 Å². The van der Waals surface area contributed by atoms with E-state index < -0.39 is 29.0 Å². The van der Waals surface area contributed by atoms with Crippen LogP contribution in [0.15, 0.2) is 22.9 Å². The number of rotatable bonds is 3. The summed E-state index contributed by atoms with van der Waals surface area (Å²) in [6.07, 6.45) is 1.08. The van der Waals surface area contributed by atoms with Crippen molar-refractivity contribution in [3.05, 3.63) is 47.2 Å². The molecule has 1 aromatic heterocycles. The van der Waals surface area contributed by atoms with Gasteiger partial charge in [0, 0.05) is 12.0 Å². The van der Waals surface area contributed by atoms with Crippen LogP contribution in [0, 0.1) is 24.5 Å². The van der Waals surface area contributed by atoms with Gasteiger partial charge in [-0.3, -0.25) is 14.4 Å². The first kappa shape index (κ1) is 17.0. The largest absolute Gasteiger partial charge is 0.438 e. The van der Waals surface area contributed by atoms with Crippen molar-refractivity contribution in [2.75, 3.05) is 18.5 Å². The average Bonchev–Trinajstić information content (AvgIpc) is 3.17. The SMILES string of the molecule is Cc1ncoc1C(=O)Nc1cc(C(=O)N2CC(C)CO2)c(F)cc1F. The smallest absolute Gasteiger partial charge is 0.293 e. The van der Waals surface area contributed by atoms with E-state index in [1.807, 2.05) is 6.92 Å². The van der Waals surface area contributed by atoms with Gasteiger partial charge in [0.15, 0.2) is 6.39 Å². The van der Waals surface area contributed by atoms with Crippen LogP contribution < -0.4 is 5.32 Å². The topological polar surface area (TPSA) is 84.7 Å². The third kappa shape index (κ3) is 3.36. The number of aromatic nitrogens is 1. The predicted octanol–water partition coefficient (Wildman–Crippen LogP) is 2.54. The quantitative estimate of drug-likeness (QED) is 0.919. The minimum absolute atomic E-state index is 0.103. The van der Waals surface area contributed by atoms with Crippen molar-refractivity contribution in [1.82, 2.24) is 10.0 Å². The minimum atomic E-state index is -1.04. The standard InChI is InChI=1S/C16H15F2N3O4/c1-8-5-21(25-6-8)16(23)10-3-13(12(18)4-11(10)17)20-15(22)14-9(2)19-7-24-14/h3-4,7-8H,5-6H2,1-2H3,(H,20,22). The number of oxazole rings is 1. The normalized spacial score (nSPS) is 17.0. The van der Waals surface area contributed by atoms with Gasteiger partial charge in [-0.2, -0.15) is 0 Å². The van der Waals surface area contributed by atoms with Gasteiger partial charge >= 0.3 is 0 Å². The Morgan fingerprint density at radius 3 is 2.68 bits per heavy atom. The van der Waals surface area contributed by atoms with Crippen molar-refractivity contribution in [3.8, 4) is 0 Å². The molecule has 1 unspecified atom stereocenters. The van der Waals surface area contributed by atoms with E-state index in [2.05, 4.69) is 10.3 Å². The highest BCUT2D eigenvalue weighted by atomic mass is 19.1. The van der Waals surface area contributed by atoms with Crippen molar-refractivity contribution in [3.63, 3.8) is 0 Å². The van der Waals surface area contributed by atoms with E-state index in [1.54, 1.807) is 6.92 Å². The molecule has 0 bridgehead atoms. The molecule has 132 valence electrons. The summed E-state index contributed by atoms with van der Waals surface area (Å²) < 4.78 is 32.9. The number of hydroxylamine groups is 2. The number of hydrogen-bond acceptors (Lipinski definition) is 5. The third-order valence-electron chi connectivity index (χ3n) is 3.71. The number of hydrogen-bond donors (Lipinski definition) is 1. The highest BCUT2D eigenvalue weighted by molar-refractivity contribution is 6.04. The van der Waals surface area contributed by atoms with Crippen molar-refractivity contribution in [2.24, 2.45) is 5.92 Å². The predicted molar refractivity (Wildman–Crippen MR) is 81.7 cm³/mol. The van der Waals surface area contributed by atoms with E-state index in [4.69, 9.17) is 9.25 Å². The summed E-state index contributed by atoms with van der Waals surface area (Å²) in [7, 11) is 0. The lowest BCUT2D eigenvalue weighted by Crippen LogP contribution is -2.28. The summed E-state index contributed by atoms with van der Waals surface area (Å²) in [6, 6.07) is 1.47. The second kappa shape index (κ2) is 6.60. The number of halogens is 2. The van der Waals surface area contributed by atoms with E-state index in [0.717, 1.165) is 17.5 Å². The molecule has 1 aliphatic heterocycles. The summed E-state index contributed by atoms with van der Waals surface area (Å²) in [5.74, 6) is -3.55. The van der Waals surface area contributed by atoms with Gasteiger partial charge in [0.05, 0.1) is 30.1 Å². The minimum Gasteiger partial charge on any atom is -0.438 e. The molecular formula is C16H15F2N3O4. The molecule has 0 saturated carbocycles. The summed E-state index contributed by atoms with van der Waals surface area (Å²) in [4.78, 5) is 33.4. The lowest BCUT2D eigenvalue weighted by Gasteiger charge is -2.15. The van der Waals surface area contributed by atoms with E-state index in [0.29, 0.717) is 24.9 Å². The fraction of sp³-hybridized carbons (Fsp3) is 0.312.